The van der Waals surface area contributed by atoms with Crippen molar-refractivity contribution in [2.45, 2.75) is 273 Å². The number of aryl methyl sites for hydroxylation is 4. The van der Waals surface area contributed by atoms with Gasteiger partial charge in [-0.3, -0.25) is 4.99 Å². The van der Waals surface area contributed by atoms with E-state index in [-0.39, 0.29) is 16.5 Å². The van der Waals surface area contributed by atoms with Crippen LogP contribution in [0.2, 0.25) is 0 Å². The molecule has 2 aromatic rings. The Morgan fingerprint density at radius 2 is 0.672 bits per heavy atom. The van der Waals surface area contributed by atoms with Gasteiger partial charge < -0.3 is 0 Å². The fourth-order valence-electron chi connectivity index (χ4n) is 8.53. The van der Waals surface area contributed by atoms with Gasteiger partial charge in [-0.15, -0.1) is 0 Å². The van der Waals surface area contributed by atoms with Crippen molar-refractivity contribution in [1.29, 1.82) is 0 Å². The first-order chi connectivity index (χ1) is 29.6. The van der Waals surface area contributed by atoms with Crippen molar-refractivity contribution in [3.63, 3.8) is 0 Å². The van der Waals surface area contributed by atoms with Crippen molar-refractivity contribution in [2.24, 2.45) is 9.98 Å². The third-order valence-corrected chi connectivity index (χ3v) is 12.4. The van der Waals surface area contributed by atoms with Crippen LogP contribution in [0.4, 0.5) is 11.4 Å². The monoisotopic (exact) mass is 881 g/mol. The van der Waals surface area contributed by atoms with Gasteiger partial charge in [-0.2, -0.15) is 0 Å². The van der Waals surface area contributed by atoms with E-state index in [1.54, 1.807) is 0 Å². The van der Waals surface area contributed by atoms with Crippen molar-refractivity contribution in [2.75, 3.05) is 0 Å². The second kappa shape index (κ2) is 40.8. The van der Waals surface area contributed by atoms with E-state index < -0.39 is 0 Å². The van der Waals surface area contributed by atoms with Crippen molar-refractivity contribution in [3.05, 3.63) is 70.8 Å². The van der Waals surface area contributed by atoms with Gasteiger partial charge >= 0.3 is 0 Å². The molecule has 0 radical (unpaired) electrons. The maximum atomic E-state index is 5.60. The molecule has 61 heavy (non-hydrogen) atoms. The minimum atomic E-state index is 0. The molecular weight excluding hydrogens is 783 g/mol. The molecule has 0 aliphatic rings. The molecule has 0 unspecified atom stereocenters. The van der Waals surface area contributed by atoms with E-state index in [0.29, 0.717) is 0 Å². The van der Waals surface area contributed by atoms with Crippen LogP contribution in [0.1, 0.15) is 269 Å². The van der Waals surface area contributed by atoms with E-state index in [1.807, 2.05) is 0 Å². The van der Waals surface area contributed by atoms with Crippen LogP contribution in [0.25, 0.3) is 0 Å². The topological polar surface area (TPSA) is 24.7 Å². The quantitative estimate of drug-likeness (QED) is 0.0362. The van der Waals surface area contributed by atoms with Gasteiger partial charge in [0.05, 0.1) is 22.8 Å². The zero-order chi connectivity index (χ0) is 43.1. The predicted octanol–water partition coefficient (Wildman–Crippen LogP) is 19.9. The molecule has 0 saturated carbocycles. The molecule has 2 nitrogen and oxygen atoms in total. The first kappa shape index (κ1) is 57.0. The molecule has 3 heteroatoms. The van der Waals surface area contributed by atoms with Crippen LogP contribution >= 0.6 is 0 Å². The fourth-order valence-corrected chi connectivity index (χ4v) is 8.53. The second-order valence-electron chi connectivity index (χ2n) is 18.5. The Morgan fingerprint density at radius 3 is 1.03 bits per heavy atom. The molecule has 350 valence electrons. The first-order valence-corrected chi connectivity index (χ1v) is 26.6. The zero-order valence-electron chi connectivity index (χ0n) is 41.3. The molecule has 0 bridgehead atoms. The van der Waals surface area contributed by atoms with E-state index in [4.69, 9.17) is 9.98 Å². The summed E-state index contributed by atoms with van der Waals surface area (Å²) < 4.78 is 0. The molecule has 0 heterocycles. The van der Waals surface area contributed by atoms with E-state index in [0.717, 1.165) is 55.6 Å². The Hall–Kier alpha value is -1.99. The Kier molecular flexibility index (Phi) is 38.1. The Balaban J connectivity index is 0.0000186. The summed E-state index contributed by atoms with van der Waals surface area (Å²) in [5.74, 6) is 0. The van der Waals surface area contributed by atoms with Crippen molar-refractivity contribution in [1.82, 2.24) is 0 Å². The summed E-state index contributed by atoms with van der Waals surface area (Å²) in [4.78, 5) is 11.2. The molecule has 0 atom stereocenters. The molecule has 0 aliphatic carbocycles. The molecule has 2 aromatic carbocycles. The number of hydrogen-bond donors (Lipinski definition) is 0. The Bertz CT molecular complexity index is 1350. The fraction of sp³-hybridized carbons (Fsp3) is 0.724. The van der Waals surface area contributed by atoms with Crippen LogP contribution in [-0.4, -0.2) is 11.4 Å². The van der Waals surface area contributed by atoms with E-state index >= 15 is 0 Å². The van der Waals surface area contributed by atoms with Crippen LogP contribution in [0.3, 0.4) is 0 Å². The van der Waals surface area contributed by atoms with Gasteiger partial charge in [0.15, 0.2) is 0 Å². The average molecular weight is 882 g/mol. The van der Waals surface area contributed by atoms with Gasteiger partial charge in [0.2, 0.25) is 0 Å². The van der Waals surface area contributed by atoms with Crippen molar-refractivity contribution >= 4 is 22.8 Å². The summed E-state index contributed by atoms with van der Waals surface area (Å²) in [7, 11) is 0. The summed E-state index contributed by atoms with van der Waals surface area (Å²) in [6.07, 6.45) is 51.6. The van der Waals surface area contributed by atoms with Crippen molar-refractivity contribution < 1.29 is 16.5 Å². The van der Waals surface area contributed by atoms with Crippen LogP contribution in [0.15, 0.2) is 58.5 Å². The van der Waals surface area contributed by atoms with E-state index in [9.17, 15) is 0 Å². The van der Waals surface area contributed by atoms with Crippen LogP contribution in [0, 0.1) is 0 Å². The smallest absolute Gasteiger partial charge is 0.0848 e. The molecule has 0 N–H and O–H groups in total. The summed E-state index contributed by atoms with van der Waals surface area (Å²) in [5, 5.41) is 0. The van der Waals surface area contributed by atoms with Gasteiger partial charge in [-0.1, -0.05) is 214 Å². The van der Waals surface area contributed by atoms with Gasteiger partial charge in [0.1, 0.15) is 0 Å². The molecule has 0 spiro atoms. The minimum Gasteiger partial charge on any atom is -0.251 e. The first-order valence-electron chi connectivity index (χ1n) is 26.6. The molecule has 0 fully saturated rings. The zero-order valence-corrected chi connectivity index (χ0v) is 42.3. The van der Waals surface area contributed by atoms with E-state index in [1.165, 1.54) is 221 Å². The molecule has 0 saturated heterocycles. The number of benzene rings is 2. The number of nitrogens with zero attached hydrogens (tertiary/aromatic N) is 2. The Morgan fingerprint density at radius 1 is 0.361 bits per heavy atom. The molecule has 0 amide bonds. The average Bonchev–Trinajstić information content (AvgIpc) is 3.26. The van der Waals surface area contributed by atoms with Crippen LogP contribution in [0.5, 0.6) is 0 Å². The van der Waals surface area contributed by atoms with Gasteiger partial charge in [-0.05, 0) is 130 Å². The van der Waals surface area contributed by atoms with Gasteiger partial charge in [0.25, 0.3) is 0 Å². The number of allylic oxidation sites excluding steroid dienone is 2. The molecule has 0 aromatic heterocycles. The number of aliphatic imine (C=N–C) groups is 2. The van der Waals surface area contributed by atoms with Crippen molar-refractivity contribution in [3.8, 4) is 0 Å². The van der Waals surface area contributed by atoms with Gasteiger partial charge in [-0.25, -0.2) is 4.99 Å². The molecular formula is C58H98N2Ni. The normalized spacial score (nSPS) is 12.2. The summed E-state index contributed by atoms with van der Waals surface area (Å²) in [6.45, 7) is 13.8. The maximum absolute atomic E-state index is 5.60. The largest absolute Gasteiger partial charge is 0.251 e. The van der Waals surface area contributed by atoms with Gasteiger partial charge in [0, 0.05) is 16.5 Å². The maximum Gasteiger partial charge on any atom is 0.0848 e. The number of rotatable bonds is 40. The number of unbranched alkanes of at least 4 members (excludes halogenated alkanes) is 25. The standard InChI is InChI=1S/C58H98N2.Ni/c1-7-13-19-21-23-24-25-26-27-28-29-30-31-32-33-34-36-38-44-58(60-56-49-53(41-17-11-5)46-54(50-56)42-18-12-6)57(43-37-35-22-20-14-8-2)59-55-47-51(39-15-9-3)45-52(48-55)40-16-10-4;/h38,44-50H,7-37,39-43H2,1-6H3;/b44-38+,59-57?,60-58?;. The number of hydrogen-bond acceptors (Lipinski definition) is 2. The third-order valence-electron chi connectivity index (χ3n) is 12.4. The molecule has 0 aliphatic heterocycles. The minimum absolute atomic E-state index is 0. The Labute approximate surface area is 390 Å². The molecule has 2 rings (SSSR count). The van der Waals surface area contributed by atoms with Crippen LogP contribution < -0.4 is 0 Å². The van der Waals surface area contributed by atoms with Crippen LogP contribution in [-0.2, 0) is 42.2 Å². The summed E-state index contributed by atoms with van der Waals surface area (Å²) in [6, 6.07) is 14.5. The predicted molar refractivity (Wildman–Crippen MR) is 273 cm³/mol. The second-order valence-corrected chi connectivity index (χ2v) is 18.5. The third kappa shape index (κ3) is 29.9. The van der Waals surface area contributed by atoms with E-state index in [2.05, 4.69) is 90.1 Å². The summed E-state index contributed by atoms with van der Waals surface area (Å²) >= 11 is 0. The SMILES string of the molecule is CCCCCCCCCCCCCCCCCC/C=C/C(=Nc1cc(CCCC)cc(CCCC)c1)C(CCCCCCCC)=Nc1cc(CCCC)cc(CCCC)c1.[Ni]. The summed E-state index contributed by atoms with van der Waals surface area (Å²) in [5.41, 5.74) is 10.3.